The van der Waals surface area contributed by atoms with Gasteiger partial charge in [0.1, 0.15) is 0 Å². The molecule has 0 bridgehead atoms. The van der Waals surface area contributed by atoms with Gasteiger partial charge in [-0.05, 0) is 48.8 Å². The van der Waals surface area contributed by atoms with Gasteiger partial charge in [-0.25, -0.2) is 0 Å². The van der Waals surface area contributed by atoms with E-state index in [1.807, 2.05) is 0 Å². The Kier molecular flexibility index (Phi) is 8.32. The first-order valence-corrected chi connectivity index (χ1v) is 10.2. The molecule has 2 aliphatic heterocycles. The van der Waals surface area contributed by atoms with E-state index in [2.05, 4.69) is 68.4 Å². The average molecular weight is 371 g/mol. The number of likely N-dealkylation sites (N-methyl/N-ethyl adjacent to an activating group) is 2. The van der Waals surface area contributed by atoms with Gasteiger partial charge in [-0.1, -0.05) is 0 Å². The van der Waals surface area contributed by atoms with Gasteiger partial charge in [-0.3, -0.25) is 9.80 Å². The summed E-state index contributed by atoms with van der Waals surface area (Å²) in [6.45, 7) is 18.1. The van der Waals surface area contributed by atoms with E-state index in [1.165, 1.54) is 0 Å². The van der Waals surface area contributed by atoms with Crippen LogP contribution in [0.3, 0.4) is 0 Å². The molecule has 0 spiro atoms. The van der Waals surface area contributed by atoms with Gasteiger partial charge in [0.15, 0.2) is 0 Å². The van der Waals surface area contributed by atoms with Gasteiger partial charge in [0.2, 0.25) is 0 Å². The third-order valence-electron chi connectivity index (χ3n) is 5.64. The maximum absolute atomic E-state index is 6.03. The highest BCUT2D eigenvalue weighted by Gasteiger charge is 2.33. The van der Waals surface area contributed by atoms with Crippen LogP contribution in [0.4, 0.5) is 0 Å². The third-order valence-corrected chi connectivity index (χ3v) is 5.64. The van der Waals surface area contributed by atoms with Crippen molar-refractivity contribution in [1.29, 1.82) is 0 Å². The maximum atomic E-state index is 6.03. The Morgan fingerprint density at radius 1 is 0.962 bits per heavy atom. The highest BCUT2D eigenvalue weighted by Crippen LogP contribution is 2.20. The van der Waals surface area contributed by atoms with Crippen molar-refractivity contribution in [2.75, 3.05) is 80.2 Å². The molecule has 2 fully saturated rings. The molecule has 6 nitrogen and oxygen atoms in total. The Balaban J connectivity index is 1.83. The number of hydrogen-bond donors (Lipinski definition) is 0. The summed E-state index contributed by atoms with van der Waals surface area (Å²) in [7, 11) is 6.47. The molecule has 2 rings (SSSR count). The molecule has 26 heavy (non-hydrogen) atoms. The lowest BCUT2D eigenvalue weighted by atomic mass is 10.00. The van der Waals surface area contributed by atoms with Crippen LogP contribution < -0.4 is 0 Å². The van der Waals surface area contributed by atoms with E-state index >= 15 is 0 Å². The van der Waals surface area contributed by atoms with E-state index in [0.717, 1.165) is 59.0 Å². The van der Waals surface area contributed by atoms with Crippen molar-refractivity contribution in [1.82, 2.24) is 19.6 Å². The second kappa shape index (κ2) is 9.80. The summed E-state index contributed by atoms with van der Waals surface area (Å²) in [6.07, 6.45) is 0.628. The maximum Gasteiger partial charge on any atom is 0.0829 e. The highest BCUT2D eigenvalue weighted by atomic mass is 16.5. The van der Waals surface area contributed by atoms with Gasteiger partial charge in [0.25, 0.3) is 0 Å². The van der Waals surface area contributed by atoms with Crippen molar-refractivity contribution in [3.63, 3.8) is 0 Å². The smallest absolute Gasteiger partial charge is 0.0829 e. The Hall–Kier alpha value is -0.240. The van der Waals surface area contributed by atoms with Crippen LogP contribution >= 0.6 is 0 Å². The standard InChI is InChI=1S/C20H42N4O2/c1-17(2)23-8-10-25-19(14-23)13-22(7)16-20(3,4)24-9-11-26-18(15-24)12-21(5)6/h17-19H,8-16H2,1-7H3/t18-,19+/m1/s1. The van der Waals surface area contributed by atoms with Crippen molar-refractivity contribution >= 4 is 0 Å². The van der Waals surface area contributed by atoms with Gasteiger partial charge < -0.3 is 19.3 Å². The largest absolute Gasteiger partial charge is 0.374 e. The minimum Gasteiger partial charge on any atom is -0.374 e. The fraction of sp³-hybridized carbons (Fsp3) is 1.00. The van der Waals surface area contributed by atoms with E-state index in [9.17, 15) is 0 Å². The molecule has 0 radical (unpaired) electrons. The molecule has 0 amide bonds. The number of hydrogen-bond acceptors (Lipinski definition) is 6. The van der Waals surface area contributed by atoms with Crippen LogP contribution in [0.2, 0.25) is 0 Å². The zero-order valence-electron chi connectivity index (χ0n) is 18.2. The zero-order valence-corrected chi connectivity index (χ0v) is 18.2. The van der Waals surface area contributed by atoms with Crippen molar-refractivity contribution in [3.8, 4) is 0 Å². The van der Waals surface area contributed by atoms with Crippen molar-refractivity contribution in [2.45, 2.75) is 51.5 Å². The highest BCUT2D eigenvalue weighted by molar-refractivity contribution is 4.89. The van der Waals surface area contributed by atoms with E-state index in [0.29, 0.717) is 18.2 Å². The van der Waals surface area contributed by atoms with E-state index in [4.69, 9.17) is 9.47 Å². The predicted octanol–water partition coefficient (Wildman–Crippen LogP) is 1.07. The van der Waals surface area contributed by atoms with Crippen LogP contribution in [0.1, 0.15) is 27.7 Å². The van der Waals surface area contributed by atoms with Crippen LogP contribution in [-0.2, 0) is 9.47 Å². The lowest BCUT2D eigenvalue weighted by Gasteiger charge is -2.46. The average Bonchev–Trinajstić information content (AvgIpc) is 2.54. The first kappa shape index (κ1) is 22.1. The fourth-order valence-electron chi connectivity index (χ4n) is 4.28. The van der Waals surface area contributed by atoms with Crippen molar-refractivity contribution in [2.24, 2.45) is 0 Å². The monoisotopic (exact) mass is 370 g/mol. The number of nitrogens with zero attached hydrogens (tertiary/aromatic N) is 4. The Labute approximate surface area is 161 Å². The third kappa shape index (κ3) is 6.73. The zero-order chi connectivity index (χ0) is 19.3. The number of morpholine rings is 2. The molecule has 154 valence electrons. The second-order valence-corrected chi connectivity index (χ2v) is 9.29. The molecule has 6 heteroatoms. The summed E-state index contributed by atoms with van der Waals surface area (Å²) in [4.78, 5) is 9.80. The van der Waals surface area contributed by atoms with E-state index < -0.39 is 0 Å². The Morgan fingerprint density at radius 3 is 2.19 bits per heavy atom. The lowest BCUT2D eigenvalue weighted by molar-refractivity contribution is -0.0805. The molecule has 0 N–H and O–H groups in total. The van der Waals surface area contributed by atoms with Crippen LogP contribution in [0, 0.1) is 0 Å². The Bertz CT molecular complexity index is 417. The number of rotatable bonds is 8. The van der Waals surface area contributed by atoms with Gasteiger partial charge in [0, 0.05) is 57.4 Å². The molecule has 0 aromatic carbocycles. The molecule has 0 aromatic rings. The SMILES string of the molecule is CC(C)N1CCO[C@@H](CN(C)CC(C)(C)N2CCO[C@H](CN(C)C)C2)C1. The molecular formula is C20H42N4O2. The van der Waals surface area contributed by atoms with Crippen molar-refractivity contribution in [3.05, 3.63) is 0 Å². The number of ether oxygens (including phenoxy) is 2. The van der Waals surface area contributed by atoms with Crippen LogP contribution in [-0.4, -0.2) is 124 Å². The van der Waals surface area contributed by atoms with Gasteiger partial charge in [-0.2, -0.15) is 0 Å². The van der Waals surface area contributed by atoms with Crippen LogP contribution in [0.15, 0.2) is 0 Å². The van der Waals surface area contributed by atoms with Gasteiger partial charge >= 0.3 is 0 Å². The molecule has 2 heterocycles. The summed E-state index contributed by atoms with van der Waals surface area (Å²) in [6, 6.07) is 0.602. The molecule has 0 unspecified atom stereocenters. The quantitative estimate of drug-likeness (QED) is 0.635. The first-order valence-electron chi connectivity index (χ1n) is 10.2. The summed E-state index contributed by atoms with van der Waals surface area (Å²) in [5.74, 6) is 0. The summed E-state index contributed by atoms with van der Waals surface area (Å²) in [5, 5.41) is 0. The van der Waals surface area contributed by atoms with Gasteiger partial charge in [-0.15, -0.1) is 0 Å². The molecule has 0 aromatic heterocycles. The minimum atomic E-state index is 0.134. The molecular weight excluding hydrogens is 328 g/mol. The van der Waals surface area contributed by atoms with E-state index in [1.54, 1.807) is 0 Å². The summed E-state index contributed by atoms with van der Waals surface area (Å²) < 4.78 is 12.0. The van der Waals surface area contributed by atoms with E-state index in [-0.39, 0.29) is 5.54 Å². The molecule has 2 atom stereocenters. The topological polar surface area (TPSA) is 31.4 Å². The van der Waals surface area contributed by atoms with Crippen molar-refractivity contribution < 1.29 is 9.47 Å². The van der Waals surface area contributed by atoms with Gasteiger partial charge in [0.05, 0.1) is 25.4 Å². The molecule has 0 aliphatic carbocycles. The van der Waals surface area contributed by atoms with Crippen LogP contribution in [0.5, 0.6) is 0 Å². The first-order chi connectivity index (χ1) is 12.2. The van der Waals surface area contributed by atoms with Crippen LogP contribution in [0.25, 0.3) is 0 Å². The summed E-state index contributed by atoms with van der Waals surface area (Å²) in [5.41, 5.74) is 0.134. The minimum absolute atomic E-state index is 0.134. The summed E-state index contributed by atoms with van der Waals surface area (Å²) >= 11 is 0. The second-order valence-electron chi connectivity index (χ2n) is 9.29. The lowest BCUT2D eigenvalue weighted by Crippen LogP contribution is -2.59. The molecule has 0 saturated carbocycles. The fourth-order valence-corrected chi connectivity index (χ4v) is 4.28. The molecule has 2 saturated heterocycles. The Morgan fingerprint density at radius 2 is 1.58 bits per heavy atom. The normalized spacial score (nSPS) is 27.0. The molecule has 2 aliphatic rings. The predicted molar refractivity (Wildman–Crippen MR) is 108 cm³/mol.